The average molecular weight is 185 g/mol. The molecule has 1 aliphatic carbocycles. The Bertz CT molecular complexity index is 185. The molecule has 0 bridgehead atoms. The number of hydrogen-bond acceptors (Lipinski definition) is 2. The van der Waals surface area contributed by atoms with Crippen molar-refractivity contribution in [1.82, 2.24) is 0 Å². The second-order valence-electron chi connectivity index (χ2n) is 5.44. The molecule has 1 rings (SSSR count). The van der Waals surface area contributed by atoms with Gasteiger partial charge in [-0.3, -0.25) is 0 Å². The van der Waals surface area contributed by atoms with Crippen molar-refractivity contribution in [3.8, 4) is 0 Å². The molecule has 0 aromatic heterocycles. The predicted molar refractivity (Wildman–Crippen MR) is 55.5 cm³/mol. The lowest BCUT2D eigenvalue weighted by Crippen LogP contribution is -2.24. The Kier molecular flexibility index (Phi) is 2.75. The molecule has 2 nitrogen and oxygen atoms in total. The zero-order valence-corrected chi connectivity index (χ0v) is 9.55. The summed E-state index contributed by atoms with van der Waals surface area (Å²) in [6.07, 6.45) is 1.12. The van der Waals surface area contributed by atoms with Crippen molar-refractivity contribution in [2.75, 3.05) is 13.7 Å². The Labute approximate surface area is 81.8 Å². The van der Waals surface area contributed by atoms with Crippen molar-refractivity contribution in [2.45, 2.75) is 39.7 Å². The lowest BCUT2D eigenvalue weighted by molar-refractivity contribution is 0.00760. The second-order valence-corrected chi connectivity index (χ2v) is 5.44. The highest BCUT2D eigenvalue weighted by Gasteiger charge is 2.57. The molecule has 1 aliphatic rings. The van der Waals surface area contributed by atoms with Gasteiger partial charge in [-0.1, -0.05) is 13.8 Å². The number of rotatable bonds is 4. The SMILES string of the molecule is COC(C)(C)CC1C(CN)C1(C)C. The summed E-state index contributed by atoms with van der Waals surface area (Å²) in [5.74, 6) is 1.44. The van der Waals surface area contributed by atoms with Gasteiger partial charge in [0.15, 0.2) is 0 Å². The Hall–Kier alpha value is -0.0800. The van der Waals surface area contributed by atoms with E-state index in [0.29, 0.717) is 11.3 Å². The normalized spacial score (nSPS) is 31.8. The van der Waals surface area contributed by atoms with Gasteiger partial charge in [0.05, 0.1) is 5.60 Å². The standard InChI is InChI=1S/C11H23NO/c1-10(2,13-5)6-8-9(7-12)11(8,3)4/h8-9H,6-7,12H2,1-5H3. The van der Waals surface area contributed by atoms with Crippen LogP contribution in [0.5, 0.6) is 0 Å². The van der Waals surface area contributed by atoms with E-state index in [1.54, 1.807) is 7.11 Å². The van der Waals surface area contributed by atoms with Crippen LogP contribution in [0, 0.1) is 17.3 Å². The van der Waals surface area contributed by atoms with E-state index in [0.717, 1.165) is 18.9 Å². The fraction of sp³-hybridized carbons (Fsp3) is 1.00. The molecular formula is C11H23NO. The van der Waals surface area contributed by atoms with Crippen LogP contribution in [-0.2, 0) is 4.74 Å². The van der Waals surface area contributed by atoms with Gasteiger partial charge >= 0.3 is 0 Å². The summed E-state index contributed by atoms with van der Waals surface area (Å²) in [5.41, 5.74) is 6.16. The number of methoxy groups -OCH3 is 1. The molecule has 0 aromatic rings. The molecule has 0 saturated heterocycles. The van der Waals surface area contributed by atoms with Gasteiger partial charge in [0.1, 0.15) is 0 Å². The summed E-state index contributed by atoms with van der Waals surface area (Å²) in [6.45, 7) is 9.73. The molecule has 78 valence electrons. The van der Waals surface area contributed by atoms with Crippen LogP contribution < -0.4 is 5.73 Å². The highest BCUT2D eigenvalue weighted by Crippen LogP contribution is 2.60. The van der Waals surface area contributed by atoms with Crippen LogP contribution in [0.3, 0.4) is 0 Å². The molecule has 0 amide bonds. The lowest BCUT2D eigenvalue weighted by atomic mass is 9.97. The van der Waals surface area contributed by atoms with E-state index in [2.05, 4.69) is 27.7 Å². The van der Waals surface area contributed by atoms with Crippen LogP contribution in [-0.4, -0.2) is 19.3 Å². The summed E-state index contributed by atoms with van der Waals surface area (Å²) in [6, 6.07) is 0. The van der Waals surface area contributed by atoms with Gasteiger partial charge in [-0.05, 0) is 44.1 Å². The van der Waals surface area contributed by atoms with E-state index in [1.165, 1.54) is 0 Å². The summed E-state index contributed by atoms with van der Waals surface area (Å²) in [4.78, 5) is 0. The summed E-state index contributed by atoms with van der Waals surface area (Å²) in [5, 5.41) is 0. The lowest BCUT2D eigenvalue weighted by Gasteiger charge is -2.23. The molecular weight excluding hydrogens is 162 g/mol. The number of hydrogen-bond donors (Lipinski definition) is 1. The number of nitrogens with two attached hydrogens (primary N) is 1. The van der Waals surface area contributed by atoms with Crippen LogP contribution >= 0.6 is 0 Å². The third kappa shape index (κ3) is 2.05. The molecule has 1 saturated carbocycles. The molecule has 0 aromatic carbocycles. The van der Waals surface area contributed by atoms with Gasteiger partial charge in [0.2, 0.25) is 0 Å². The molecule has 13 heavy (non-hydrogen) atoms. The van der Waals surface area contributed by atoms with Crippen molar-refractivity contribution in [3.63, 3.8) is 0 Å². The third-order valence-electron chi connectivity index (χ3n) is 3.81. The molecule has 0 radical (unpaired) electrons. The molecule has 0 heterocycles. The molecule has 2 atom stereocenters. The molecule has 0 spiro atoms. The topological polar surface area (TPSA) is 35.2 Å². The molecule has 2 unspecified atom stereocenters. The van der Waals surface area contributed by atoms with E-state index in [-0.39, 0.29) is 5.60 Å². The van der Waals surface area contributed by atoms with Crippen LogP contribution in [0.2, 0.25) is 0 Å². The van der Waals surface area contributed by atoms with Crippen molar-refractivity contribution >= 4 is 0 Å². The largest absolute Gasteiger partial charge is 0.379 e. The first-order valence-corrected chi connectivity index (χ1v) is 5.10. The van der Waals surface area contributed by atoms with Gasteiger partial charge in [0.25, 0.3) is 0 Å². The van der Waals surface area contributed by atoms with Crippen molar-refractivity contribution < 1.29 is 4.74 Å². The van der Waals surface area contributed by atoms with Gasteiger partial charge in [0, 0.05) is 7.11 Å². The van der Waals surface area contributed by atoms with Gasteiger partial charge in [-0.2, -0.15) is 0 Å². The van der Waals surface area contributed by atoms with Crippen molar-refractivity contribution in [2.24, 2.45) is 23.0 Å². The Morgan fingerprint density at radius 1 is 1.31 bits per heavy atom. The van der Waals surface area contributed by atoms with E-state index in [9.17, 15) is 0 Å². The Balaban J connectivity index is 2.49. The Morgan fingerprint density at radius 3 is 2.15 bits per heavy atom. The first kappa shape index (κ1) is 11.0. The summed E-state index contributed by atoms with van der Waals surface area (Å²) < 4.78 is 5.43. The third-order valence-corrected chi connectivity index (χ3v) is 3.81. The fourth-order valence-corrected chi connectivity index (χ4v) is 2.34. The van der Waals surface area contributed by atoms with Gasteiger partial charge < -0.3 is 10.5 Å². The second kappa shape index (κ2) is 3.25. The summed E-state index contributed by atoms with van der Waals surface area (Å²) >= 11 is 0. The monoisotopic (exact) mass is 185 g/mol. The minimum Gasteiger partial charge on any atom is -0.379 e. The molecule has 1 fully saturated rings. The quantitative estimate of drug-likeness (QED) is 0.727. The van der Waals surface area contributed by atoms with Crippen molar-refractivity contribution in [1.29, 1.82) is 0 Å². The van der Waals surface area contributed by atoms with E-state index in [1.807, 2.05) is 0 Å². The fourth-order valence-electron chi connectivity index (χ4n) is 2.34. The van der Waals surface area contributed by atoms with Crippen LogP contribution in [0.25, 0.3) is 0 Å². The minimum atomic E-state index is 0.00581. The zero-order chi connectivity index (χ0) is 10.3. The zero-order valence-electron chi connectivity index (χ0n) is 9.55. The minimum absolute atomic E-state index is 0.00581. The first-order chi connectivity index (χ1) is 5.85. The smallest absolute Gasteiger partial charge is 0.0625 e. The maximum Gasteiger partial charge on any atom is 0.0625 e. The van der Waals surface area contributed by atoms with Crippen LogP contribution in [0.4, 0.5) is 0 Å². The predicted octanol–water partition coefficient (Wildman–Crippen LogP) is 2.03. The number of ether oxygens (including phenoxy) is 1. The van der Waals surface area contributed by atoms with Crippen LogP contribution in [0.1, 0.15) is 34.1 Å². The summed E-state index contributed by atoms with van der Waals surface area (Å²) in [7, 11) is 1.78. The highest BCUT2D eigenvalue weighted by atomic mass is 16.5. The van der Waals surface area contributed by atoms with E-state index in [4.69, 9.17) is 10.5 Å². The molecule has 0 aliphatic heterocycles. The van der Waals surface area contributed by atoms with Crippen molar-refractivity contribution in [3.05, 3.63) is 0 Å². The van der Waals surface area contributed by atoms with Gasteiger partial charge in [-0.15, -0.1) is 0 Å². The van der Waals surface area contributed by atoms with E-state index >= 15 is 0 Å². The average Bonchev–Trinajstić information content (AvgIpc) is 2.52. The van der Waals surface area contributed by atoms with E-state index < -0.39 is 0 Å². The van der Waals surface area contributed by atoms with Gasteiger partial charge in [-0.25, -0.2) is 0 Å². The highest BCUT2D eigenvalue weighted by molar-refractivity contribution is 5.06. The molecule has 2 N–H and O–H groups in total. The Morgan fingerprint density at radius 2 is 1.85 bits per heavy atom. The van der Waals surface area contributed by atoms with Crippen LogP contribution in [0.15, 0.2) is 0 Å². The first-order valence-electron chi connectivity index (χ1n) is 5.10. The maximum atomic E-state index is 5.72. The maximum absolute atomic E-state index is 5.72. The molecule has 2 heteroatoms.